The average molecular weight is 335 g/mol. The molecular formula is C24H30O. The Balaban J connectivity index is 1.75. The van der Waals surface area contributed by atoms with Crippen molar-refractivity contribution in [1.29, 1.82) is 0 Å². The molecule has 0 amide bonds. The SMILES string of the molecule is CCCCOc1ccc(C#CC=CC#CC2CCC(CC)CC2)cc1. The second-order valence-corrected chi connectivity index (χ2v) is 6.74. The molecule has 1 aliphatic carbocycles. The molecule has 1 aromatic rings. The molecule has 1 saturated carbocycles. The van der Waals surface area contributed by atoms with E-state index in [2.05, 4.69) is 37.5 Å². The Morgan fingerprint density at radius 2 is 1.72 bits per heavy atom. The van der Waals surface area contributed by atoms with E-state index in [-0.39, 0.29) is 0 Å². The number of ether oxygens (including phenoxy) is 1. The smallest absolute Gasteiger partial charge is 0.119 e. The maximum atomic E-state index is 5.65. The van der Waals surface area contributed by atoms with Gasteiger partial charge in [-0.15, -0.1) is 0 Å². The van der Waals surface area contributed by atoms with Gasteiger partial charge in [-0.25, -0.2) is 0 Å². The minimum absolute atomic E-state index is 0.584. The Morgan fingerprint density at radius 3 is 2.40 bits per heavy atom. The zero-order valence-corrected chi connectivity index (χ0v) is 15.7. The van der Waals surface area contributed by atoms with E-state index in [4.69, 9.17) is 4.74 Å². The molecule has 0 aromatic heterocycles. The van der Waals surface area contributed by atoms with Crippen molar-refractivity contribution in [3.8, 4) is 29.4 Å². The van der Waals surface area contributed by atoms with Crippen molar-refractivity contribution >= 4 is 0 Å². The van der Waals surface area contributed by atoms with Crippen molar-refractivity contribution in [2.75, 3.05) is 6.61 Å². The summed E-state index contributed by atoms with van der Waals surface area (Å²) in [7, 11) is 0. The molecule has 0 radical (unpaired) electrons. The molecule has 1 heteroatoms. The van der Waals surface area contributed by atoms with E-state index < -0.39 is 0 Å². The predicted molar refractivity (Wildman–Crippen MR) is 106 cm³/mol. The first-order valence-electron chi connectivity index (χ1n) is 9.72. The number of hydrogen-bond donors (Lipinski definition) is 0. The van der Waals surface area contributed by atoms with Gasteiger partial charge in [-0.05, 0) is 74.4 Å². The molecule has 0 atom stereocenters. The van der Waals surface area contributed by atoms with E-state index in [9.17, 15) is 0 Å². The zero-order chi connectivity index (χ0) is 17.7. The lowest BCUT2D eigenvalue weighted by atomic mass is 9.81. The minimum atomic E-state index is 0.584. The van der Waals surface area contributed by atoms with Crippen molar-refractivity contribution in [3.05, 3.63) is 42.0 Å². The van der Waals surface area contributed by atoms with E-state index in [1.807, 2.05) is 36.4 Å². The highest BCUT2D eigenvalue weighted by Gasteiger charge is 2.17. The summed E-state index contributed by atoms with van der Waals surface area (Å²) < 4.78 is 5.65. The van der Waals surface area contributed by atoms with E-state index in [1.54, 1.807) is 0 Å². The van der Waals surface area contributed by atoms with Crippen LogP contribution in [0.3, 0.4) is 0 Å². The number of allylic oxidation sites excluding steroid dienone is 2. The molecule has 1 nitrogen and oxygen atoms in total. The van der Waals surface area contributed by atoms with Gasteiger partial charge in [0.25, 0.3) is 0 Å². The van der Waals surface area contributed by atoms with Crippen LogP contribution in [0.2, 0.25) is 0 Å². The van der Waals surface area contributed by atoms with E-state index in [0.29, 0.717) is 5.92 Å². The van der Waals surface area contributed by atoms with Crippen LogP contribution in [0.1, 0.15) is 64.4 Å². The fourth-order valence-electron chi connectivity index (χ4n) is 3.06. The summed E-state index contributed by atoms with van der Waals surface area (Å²) in [5.74, 6) is 15.2. The third-order valence-electron chi connectivity index (χ3n) is 4.80. The van der Waals surface area contributed by atoms with E-state index >= 15 is 0 Å². The van der Waals surface area contributed by atoms with Crippen molar-refractivity contribution in [2.45, 2.75) is 58.8 Å². The van der Waals surface area contributed by atoms with Crippen LogP contribution in [0.15, 0.2) is 36.4 Å². The number of unbranched alkanes of at least 4 members (excludes halogenated alkanes) is 1. The summed E-state index contributed by atoms with van der Waals surface area (Å²) in [6.07, 6.45) is 12.5. The first kappa shape index (κ1) is 19.2. The molecule has 2 rings (SSSR count). The van der Waals surface area contributed by atoms with Crippen LogP contribution in [0, 0.1) is 35.5 Å². The Bertz CT molecular complexity index is 637. The van der Waals surface area contributed by atoms with E-state index in [1.165, 1.54) is 32.1 Å². The molecule has 0 aliphatic heterocycles. The zero-order valence-electron chi connectivity index (χ0n) is 15.7. The highest BCUT2D eigenvalue weighted by atomic mass is 16.5. The van der Waals surface area contributed by atoms with Crippen LogP contribution in [-0.2, 0) is 0 Å². The molecule has 1 fully saturated rings. The van der Waals surface area contributed by atoms with Crippen molar-refractivity contribution in [3.63, 3.8) is 0 Å². The summed E-state index contributed by atoms with van der Waals surface area (Å²) in [6, 6.07) is 7.96. The van der Waals surface area contributed by atoms with Crippen molar-refractivity contribution in [2.24, 2.45) is 11.8 Å². The maximum absolute atomic E-state index is 5.65. The normalized spacial score (nSPS) is 19.6. The molecule has 0 N–H and O–H groups in total. The largest absolute Gasteiger partial charge is 0.494 e. The van der Waals surface area contributed by atoms with Gasteiger partial charge in [-0.3, -0.25) is 0 Å². The fraction of sp³-hybridized carbons (Fsp3) is 0.500. The summed E-state index contributed by atoms with van der Waals surface area (Å²) in [5, 5.41) is 0. The van der Waals surface area contributed by atoms with Gasteiger partial charge in [0.2, 0.25) is 0 Å². The highest BCUT2D eigenvalue weighted by Crippen LogP contribution is 2.29. The van der Waals surface area contributed by atoms with Crippen LogP contribution in [0.25, 0.3) is 0 Å². The van der Waals surface area contributed by atoms with Gasteiger partial charge in [-0.1, -0.05) is 50.4 Å². The molecule has 0 bridgehead atoms. The highest BCUT2D eigenvalue weighted by molar-refractivity contribution is 5.40. The minimum Gasteiger partial charge on any atom is -0.494 e. The molecule has 25 heavy (non-hydrogen) atoms. The van der Waals surface area contributed by atoms with Gasteiger partial charge < -0.3 is 4.74 Å². The lowest BCUT2D eigenvalue weighted by Gasteiger charge is -2.24. The topological polar surface area (TPSA) is 9.23 Å². The molecule has 0 spiro atoms. The first-order valence-corrected chi connectivity index (χ1v) is 9.72. The summed E-state index contributed by atoms with van der Waals surface area (Å²) >= 11 is 0. The van der Waals surface area contributed by atoms with Crippen LogP contribution in [-0.4, -0.2) is 6.61 Å². The molecule has 1 aliphatic rings. The molecule has 0 unspecified atom stereocenters. The Labute approximate surface area is 153 Å². The van der Waals surface area contributed by atoms with Gasteiger partial charge >= 0.3 is 0 Å². The van der Waals surface area contributed by atoms with Crippen LogP contribution in [0.4, 0.5) is 0 Å². The quantitative estimate of drug-likeness (QED) is 0.474. The van der Waals surface area contributed by atoms with Gasteiger partial charge in [0.05, 0.1) is 6.61 Å². The third kappa shape index (κ3) is 7.53. The van der Waals surface area contributed by atoms with Crippen molar-refractivity contribution in [1.82, 2.24) is 0 Å². The molecule has 0 saturated heterocycles. The van der Waals surface area contributed by atoms with Gasteiger partial charge in [0, 0.05) is 11.5 Å². The Morgan fingerprint density at radius 1 is 1.00 bits per heavy atom. The second kappa shape index (κ2) is 11.4. The number of rotatable bonds is 5. The molecule has 0 heterocycles. The summed E-state index contributed by atoms with van der Waals surface area (Å²) in [5.41, 5.74) is 0.998. The molecule has 132 valence electrons. The molecule has 1 aromatic carbocycles. The maximum Gasteiger partial charge on any atom is 0.119 e. The first-order chi connectivity index (χ1) is 12.3. The van der Waals surface area contributed by atoms with Crippen LogP contribution < -0.4 is 4.74 Å². The van der Waals surface area contributed by atoms with Gasteiger partial charge in [0.15, 0.2) is 0 Å². The van der Waals surface area contributed by atoms with Crippen LogP contribution >= 0.6 is 0 Å². The number of benzene rings is 1. The second-order valence-electron chi connectivity index (χ2n) is 6.74. The molecular weight excluding hydrogens is 304 g/mol. The number of hydrogen-bond acceptors (Lipinski definition) is 1. The average Bonchev–Trinajstić information content (AvgIpc) is 2.66. The Kier molecular flexibility index (Phi) is 8.79. The van der Waals surface area contributed by atoms with E-state index in [0.717, 1.165) is 36.7 Å². The Hall–Kier alpha value is -2.12. The fourth-order valence-corrected chi connectivity index (χ4v) is 3.06. The standard InChI is InChI=1S/C24H30O/c1-3-5-20-25-24-18-16-23(17-19-24)11-9-7-6-8-10-22-14-12-21(4-2)13-15-22/h6-7,16-19,21-22H,3-5,12-15,20H2,1-2H3. The third-order valence-corrected chi connectivity index (χ3v) is 4.80. The lowest BCUT2D eigenvalue weighted by Crippen LogP contribution is -2.12. The lowest BCUT2D eigenvalue weighted by molar-refractivity contribution is 0.309. The van der Waals surface area contributed by atoms with Crippen LogP contribution in [0.5, 0.6) is 5.75 Å². The summed E-state index contributed by atoms with van der Waals surface area (Å²) in [4.78, 5) is 0. The monoisotopic (exact) mass is 334 g/mol. The van der Waals surface area contributed by atoms with Gasteiger partial charge in [0.1, 0.15) is 5.75 Å². The van der Waals surface area contributed by atoms with Crippen molar-refractivity contribution < 1.29 is 4.74 Å². The van der Waals surface area contributed by atoms with Gasteiger partial charge in [-0.2, -0.15) is 0 Å². The summed E-state index contributed by atoms with van der Waals surface area (Å²) in [6.45, 7) is 5.24. The predicted octanol–water partition coefficient (Wildman–Crippen LogP) is 5.99.